The summed E-state index contributed by atoms with van der Waals surface area (Å²) >= 11 is 0. The molecule has 29 heavy (non-hydrogen) atoms. The Hall–Kier alpha value is -3.30. The van der Waals surface area contributed by atoms with Crippen LogP contribution in [0.1, 0.15) is 17.7 Å². The van der Waals surface area contributed by atoms with Crippen LogP contribution >= 0.6 is 0 Å². The number of hydrogen-bond acceptors (Lipinski definition) is 5. The summed E-state index contributed by atoms with van der Waals surface area (Å²) in [4.78, 5) is 37.5. The number of nitrogens with one attached hydrogen (secondary N) is 1. The molecule has 1 N–H and O–H groups in total. The molecule has 2 aromatic rings. The number of alkyl halides is 3. The van der Waals surface area contributed by atoms with E-state index in [4.69, 9.17) is 9.15 Å². The summed E-state index contributed by atoms with van der Waals surface area (Å²) in [5, 5.41) is 2.08. The molecule has 1 atom stereocenters. The van der Waals surface area contributed by atoms with Gasteiger partial charge in [0.1, 0.15) is 5.76 Å². The number of carbonyl (C=O) groups excluding carboxylic acids is 3. The van der Waals surface area contributed by atoms with E-state index in [0.717, 1.165) is 12.1 Å². The highest BCUT2D eigenvalue weighted by molar-refractivity contribution is 5.94. The highest BCUT2D eigenvalue weighted by Gasteiger charge is 2.36. The quantitative estimate of drug-likeness (QED) is 0.740. The van der Waals surface area contributed by atoms with Gasteiger partial charge in [-0.05, 0) is 24.3 Å². The molecule has 2 amide bonds. The fourth-order valence-corrected chi connectivity index (χ4v) is 2.95. The van der Waals surface area contributed by atoms with E-state index in [1.807, 2.05) is 0 Å². The Morgan fingerprint density at radius 1 is 1.21 bits per heavy atom. The largest absolute Gasteiger partial charge is 0.467 e. The Morgan fingerprint density at radius 3 is 2.66 bits per heavy atom. The van der Waals surface area contributed by atoms with Crippen molar-refractivity contribution in [2.24, 2.45) is 5.92 Å². The standard InChI is InChI=1S/C19H17F3N2O5/c20-19(21,22)14-5-1-2-6-15(14)23-16(25)11-29-18(27)12-8-17(26)24(9-12)10-13-4-3-7-28-13/h1-7,12H,8-11H2,(H,23,25)/t12-/m0/s1. The molecule has 2 heterocycles. The predicted octanol–water partition coefficient (Wildman–Crippen LogP) is 2.83. The second-order valence-electron chi connectivity index (χ2n) is 6.45. The molecule has 1 aromatic heterocycles. The van der Waals surface area contributed by atoms with Gasteiger partial charge in [0, 0.05) is 13.0 Å². The lowest BCUT2D eigenvalue weighted by Gasteiger charge is -2.15. The molecule has 1 fully saturated rings. The highest BCUT2D eigenvalue weighted by Crippen LogP contribution is 2.34. The van der Waals surface area contributed by atoms with Crippen LogP contribution in [0.4, 0.5) is 18.9 Å². The van der Waals surface area contributed by atoms with Gasteiger partial charge in [-0.2, -0.15) is 13.2 Å². The summed E-state index contributed by atoms with van der Waals surface area (Å²) in [7, 11) is 0. The number of ether oxygens (including phenoxy) is 1. The summed E-state index contributed by atoms with van der Waals surface area (Å²) in [6, 6.07) is 7.85. The van der Waals surface area contributed by atoms with Gasteiger partial charge in [0.05, 0.1) is 30.0 Å². The number of carbonyl (C=O) groups is 3. The van der Waals surface area contributed by atoms with Crippen LogP contribution in [-0.2, 0) is 31.8 Å². The van der Waals surface area contributed by atoms with Gasteiger partial charge in [-0.3, -0.25) is 14.4 Å². The Kier molecular flexibility index (Phi) is 5.90. The number of anilines is 1. The van der Waals surface area contributed by atoms with Crippen LogP contribution in [0.2, 0.25) is 0 Å². The minimum absolute atomic E-state index is 0.0714. The lowest BCUT2D eigenvalue weighted by molar-refractivity contribution is -0.151. The molecule has 0 saturated carbocycles. The average Bonchev–Trinajstić information content (AvgIpc) is 3.30. The summed E-state index contributed by atoms with van der Waals surface area (Å²) < 4.78 is 48.9. The van der Waals surface area contributed by atoms with E-state index in [0.29, 0.717) is 5.76 Å². The van der Waals surface area contributed by atoms with Gasteiger partial charge in [-0.25, -0.2) is 0 Å². The van der Waals surface area contributed by atoms with Gasteiger partial charge in [-0.1, -0.05) is 12.1 Å². The minimum atomic E-state index is -4.64. The second-order valence-corrected chi connectivity index (χ2v) is 6.45. The zero-order chi connectivity index (χ0) is 21.0. The molecule has 7 nitrogen and oxygen atoms in total. The molecule has 1 aliphatic rings. The van der Waals surface area contributed by atoms with Gasteiger partial charge in [0.25, 0.3) is 5.91 Å². The number of halogens is 3. The Labute approximate surface area is 163 Å². The number of para-hydroxylation sites is 1. The molecule has 10 heteroatoms. The van der Waals surface area contributed by atoms with Crippen molar-refractivity contribution in [3.8, 4) is 0 Å². The molecule has 154 valence electrons. The van der Waals surface area contributed by atoms with Crippen LogP contribution in [-0.4, -0.2) is 35.8 Å². The van der Waals surface area contributed by atoms with Crippen LogP contribution in [0, 0.1) is 5.92 Å². The first-order valence-corrected chi connectivity index (χ1v) is 8.67. The fraction of sp³-hybridized carbons (Fsp3) is 0.316. The van der Waals surface area contributed by atoms with Crippen LogP contribution in [0.5, 0.6) is 0 Å². The number of esters is 1. The van der Waals surface area contributed by atoms with Crippen molar-refractivity contribution in [1.82, 2.24) is 4.90 Å². The number of benzene rings is 1. The molecule has 1 aliphatic heterocycles. The summed E-state index contributed by atoms with van der Waals surface area (Å²) in [5.74, 6) is -2.12. The smallest absolute Gasteiger partial charge is 0.418 e. The van der Waals surface area contributed by atoms with Crippen molar-refractivity contribution >= 4 is 23.5 Å². The highest BCUT2D eigenvalue weighted by atomic mass is 19.4. The minimum Gasteiger partial charge on any atom is -0.467 e. The van der Waals surface area contributed by atoms with Gasteiger partial charge >= 0.3 is 12.1 Å². The zero-order valence-electron chi connectivity index (χ0n) is 15.1. The first-order chi connectivity index (χ1) is 13.7. The number of likely N-dealkylation sites (tertiary alicyclic amines) is 1. The molecule has 0 aliphatic carbocycles. The average molecular weight is 410 g/mol. The third kappa shape index (κ3) is 5.15. The van der Waals surface area contributed by atoms with E-state index in [-0.39, 0.29) is 25.4 Å². The van der Waals surface area contributed by atoms with Gasteiger partial charge < -0.3 is 19.4 Å². The summed E-state index contributed by atoms with van der Waals surface area (Å²) in [6.45, 7) is -0.435. The number of furan rings is 1. The van der Waals surface area contributed by atoms with E-state index in [2.05, 4.69) is 5.32 Å². The summed E-state index contributed by atoms with van der Waals surface area (Å²) in [6.07, 6.45) is -3.24. The van der Waals surface area contributed by atoms with Crippen LogP contribution in [0.15, 0.2) is 47.1 Å². The first kappa shape index (κ1) is 20.4. The molecule has 3 rings (SSSR count). The number of rotatable bonds is 6. The molecule has 0 bridgehead atoms. The maximum atomic E-state index is 12.9. The SMILES string of the molecule is O=C(COC(=O)[C@H]1CC(=O)N(Cc2ccco2)C1)Nc1ccccc1C(F)(F)F. The van der Waals surface area contributed by atoms with Gasteiger partial charge in [0.15, 0.2) is 6.61 Å². The number of nitrogens with zero attached hydrogens (tertiary/aromatic N) is 1. The second kappa shape index (κ2) is 8.38. The van der Waals surface area contributed by atoms with Crippen molar-refractivity contribution < 1.29 is 36.7 Å². The topological polar surface area (TPSA) is 88.9 Å². The molecule has 0 radical (unpaired) electrons. The Bertz CT molecular complexity index is 895. The van der Waals surface area contributed by atoms with Crippen molar-refractivity contribution in [3.05, 3.63) is 54.0 Å². The molecule has 1 aromatic carbocycles. The van der Waals surface area contributed by atoms with Gasteiger partial charge in [0.2, 0.25) is 5.91 Å². The number of amides is 2. The van der Waals surface area contributed by atoms with Crippen LogP contribution in [0.3, 0.4) is 0 Å². The van der Waals surface area contributed by atoms with E-state index < -0.39 is 41.8 Å². The van der Waals surface area contributed by atoms with Crippen LogP contribution in [0.25, 0.3) is 0 Å². The predicted molar refractivity (Wildman–Crippen MR) is 93.3 cm³/mol. The zero-order valence-corrected chi connectivity index (χ0v) is 15.1. The maximum absolute atomic E-state index is 12.9. The third-order valence-corrected chi connectivity index (χ3v) is 4.33. The monoisotopic (exact) mass is 410 g/mol. The molecular formula is C19H17F3N2O5. The van der Waals surface area contributed by atoms with Crippen molar-refractivity contribution in [3.63, 3.8) is 0 Å². The lowest BCUT2D eigenvalue weighted by Crippen LogP contribution is -2.28. The Morgan fingerprint density at radius 2 is 1.97 bits per heavy atom. The lowest BCUT2D eigenvalue weighted by atomic mass is 10.1. The third-order valence-electron chi connectivity index (χ3n) is 4.33. The summed E-state index contributed by atoms with van der Waals surface area (Å²) in [5.41, 5.74) is -1.43. The van der Waals surface area contributed by atoms with E-state index in [1.165, 1.54) is 23.3 Å². The fourth-order valence-electron chi connectivity index (χ4n) is 2.95. The van der Waals surface area contributed by atoms with E-state index in [1.54, 1.807) is 12.1 Å². The van der Waals surface area contributed by atoms with Crippen molar-refractivity contribution in [2.75, 3.05) is 18.5 Å². The van der Waals surface area contributed by atoms with Crippen LogP contribution < -0.4 is 5.32 Å². The Balaban J connectivity index is 1.51. The van der Waals surface area contributed by atoms with E-state index in [9.17, 15) is 27.6 Å². The maximum Gasteiger partial charge on any atom is 0.418 e. The molecule has 0 spiro atoms. The molecule has 0 unspecified atom stereocenters. The molecular weight excluding hydrogens is 393 g/mol. The normalized spacial score (nSPS) is 16.7. The van der Waals surface area contributed by atoms with Crippen molar-refractivity contribution in [1.29, 1.82) is 0 Å². The first-order valence-electron chi connectivity index (χ1n) is 8.67. The molecule has 1 saturated heterocycles. The number of hydrogen-bond donors (Lipinski definition) is 1. The van der Waals surface area contributed by atoms with E-state index >= 15 is 0 Å². The van der Waals surface area contributed by atoms with Gasteiger partial charge in [-0.15, -0.1) is 0 Å². The van der Waals surface area contributed by atoms with Crippen molar-refractivity contribution in [2.45, 2.75) is 19.1 Å².